The number of alkyl halides is 2. The first-order valence-corrected chi connectivity index (χ1v) is 10.2. The molecule has 0 N–H and O–H groups in total. The maximum atomic E-state index is 6.98. The average molecular weight is 427 g/mol. The number of ether oxygens (including phenoxy) is 3. The van der Waals surface area contributed by atoms with Gasteiger partial charge in [0.25, 0.3) is 0 Å². The Kier molecular flexibility index (Phi) is 4.23. The smallest absolute Gasteiger partial charge is 0.174 e. The lowest BCUT2D eigenvalue weighted by Gasteiger charge is -2.32. The Labute approximate surface area is 180 Å². The van der Waals surface area contributed by atoms with Gasteiger partial charge in [0, 0.05) is 17.0 Å². The van der Waals surface area contributed by atoms with Crippen LogP contribution in [0.4, 0.5) is 0 Å². The van der Waals surface area contributed by atoms with E-state index in [4.69, 9.17) is 37.4 Å². The minimum absolute atomic E-state index is 0.0178. The maximum absolute atomic E-state index is 6.98. The molecule has 5 heteroatoms. The summed E-state index contributed by atoms with van der Waals surface area (Å²) in [5, 5.41) is 0. The van der Waals surface area contributed by atoms with Crippen LogP contribution < -0.4 is 14.2 Å². The van der Waals surface area contributed by atoms with Gasteiger partial charge >= 0.3 is 0 Å². The molecule has 3 aromatic rings. The second kappa shape index (κ2) is 6.58. The van der Waals surface area contributed by atoms with E-state index in [1.54, 1.807) is 14.2 Å². The predicted octanol–water partition coefficient (Wildman–Crippen LogP) is 5.93. The molecule has 3 atom stereocenters. The van der Waals surface area contributed by atoms with Crippen LogP contribution in [0.15, 0.2) is 72.8 Å². The molecule has 0 unspecified atom stereocenters. The highest BCUT2D eigenvalue weighted by Gasteiger charge is 2.83. The van der Waals surface area contributed by atoms with Gasteiger partial charge in [-0.25, -0.2) is 0 Å². The first-order valence-electron chi connectivity index (χ1n) is 9.48. The largest absolute Gasteiger partial charge is 0.493 e. The minimum atomic E-state index is -1.09. The Bertz CT molecular complexity index is 1070. The molecule has 0 amide bonds. The molecular weight excluding hydrogens is 407 g/mol. The number of hydrogen-bond acceptors (Lipinski definition) is 3. The minimum Gasteiger partial charge on any atom is -0.493 e. The zero-order valence-electron chi connectivity index (χ0n) is 16.1. The van der Waals surface area contributed by atoms with Gasteiger partial charge in [-0.15, -0.1) is 0 Å². The van der Waals surface area contributed by atoms with Gasteiger partial charge in [-0.3, -0.25) is 0 Å². The number of rotatable bonds is 4. The highest BCUT2D eigenvalue weighted by atomic mass is 35.5. The lowest BCUT2D eigenvalue weighted by Crippen LogP contribution is -2.28. The fourth-order valence-electron chi connectivity index (χ4n) is 4.70. The highest BCUT2D eigenvalue weighted by Crippen LogP contribution is 2.77. The second-order valence-corrected chi connectivity index (χ2v) is 8.82. The van der Waals surface area contributed by atoms with Crippen LogP contribution in [0.2, 0.25) is 0 Å². The molecule has 0 saturated heterocycles. The lowest BCUT2D eigenvalue weighted by atomic mass is 9.82. The fourth-order valence-corrected chi connectivity index (χ4v) is 5.68. The Hall–Kier alpha value is -2.36. The third-order valence-electron chi connectivity index (χ3n) is 6.07. The van der Waals surface area contributed by atoms with Gasteiger partial charge in [-0.05, 0) is 23.8 Å². The summed E-state index contributed by atoms with van der Waals surface area (Å²) in [6.45, 7) is 0. The Balaban J connectivity index is 1.71. The summed E-state index contributed by atoms with van der Waals surface area (Å²) < 4.78 is 16.4. The monoisotopic (exact) mass is 426 g/mol. The molecule has 1 heterocycles. The van der Waals surface area contributed by atoms with Crippen LogP contribution in [0.5, 0.6) is 17.2 Å². The van der Waals surface area contributed by atoms with Crippen LogP contribution in [-0.4, -0.2) is 18.6 Å². The summed E-state index contributed by atoms with van der Waals surface area (Å²) in [7, 11) is 3.23. The van der Waals surface area contributed by atoms with Gasteiger partial charge in [0.15, 0.2) is 21.4 Å². The number of benzene rings is 3. The van der Waals surface area contributed by atoms with Crippen LogP contribution in [-0.2, 0) is 5.60 Å². The molecule has 0 bridgehead atoms. The normalized spacial score (nSPS) is 25.9. The summed E-state index contributed by atoms with van der Waals surface area (Å²) in [6, 6.07) is 24.1. The standard InChI is InChI=1S/C24H20Cl2O3/c1-27-19-13-12-16(14-20(19)28-2)23-22(24(23,25)26)21(15-8-4-3-5-9-15)17-10-6-7-11-18(17)29-23/h3-14,21-22H,1-2H3/t21-,22+,23+/m1/s1. The van der Waals surface area contributed by atoms with Crippen molar-refractivity contribution in [1.82, 2.24) is 0 Å². The van der Waals surface area contributed by atoms with Crippen LogP contribution in [0.25, 0.3) is 0 Å². The maximum Gasteiger partial charge on any atom is 0.174 e. The highest BCUT2D eigenvalue weighted by molar-refractivity contribution is 6.52. The SMILES string of the molecule is COc1ccc([C@]23Oc4ccccc4[C@@H](c4ccccc4)[C@@H]2C3(Cl)Cl)cc1OC. The number of methoxy groups -OCH3 is 2. The molecule has 1 saturated carbocycles. The van der Waals surface area contributed by atoms with Crippen LogP contribution >= 0.6 is 23.2 Å². The van der Waals surface area contributed by atoms with Gasteiger partial charge in [0.2, 0.25) is 0 Å². The molecule has 3 aromatic carbocycles. The molecule has 0 radical (unpaired) electrons. The second-order valence-electron chi connectivity index (χ2n) is 7.43. The summed E-state index contributed by atoms with van der Waals surface area (Å²) >= 11 is 14.0. The topological polar surface area (TPSA) is 27.7 Å². The summed E-state index contributed by atoms with van der Waals surface area (Å²) in [5.74, 6) is 1.94. The number of fused-ring (bicyclic) bond motifs is 2. The summed E-state index contributed by atoms with van der Waals surface area (Å²) in [4.78, 5) is 0. The number of para-hydroxylation sites is 1. The third kappa shape index (κ3) is 2.50. The Morgan fingerprint density at radius 2 is 1.52 bits per heavy atom. The van der Waals surface area contributed by atoms with E-state index in [1.807, 2.05) is 54.6 Å². The van der Waals surface area contributed by atoms with Crippen molar-refractivity contribution in [2.24, 2.45) is 5.92 Å². The van der Waals surface area contributed by atoms with Crippen molar-refractivity contribution >= 4 is 23.2 Å². The van der Waals surface area contributed by atoms with Crippen LogP contribution in [0.1, 0.15) is 22.6 Å². The average Bonchev–Trinajstić information content (AvgIpc) is 3.27. The molecular formula is C24H20Cl2O3. The van der Waals surface area contributed by atoms with Gasteiger partial charge in [0.05, 0.1) is 20.1 Å². The van der Waals surface area contributed by atoms with Crippen molar-refractivity contribution in [3.63, 3.8) is 0 Å². The van der Waals surface area contributed by atoms with Gasteiger partial charge < -0.3 is 14.2 Å². The van der Waals surface area contributed by atoms with Crippen molar-refractivity contribution in [3.05, 3.63) is 89.5 Å². The van der Waals surface area contributed by atoms with Gasteiger partial charge in [-0.2, -0.15) is 0 Å². The Morgan fingerprint density at radius 1 is 0.828 bits per heavy atom. The van der Waals surface area contributed by atoms with Gasteiger partial charge in [-0.1, -0.05) is 77.8 Å². The molecule has 5 rings (SSSR count). The quantitative estimate of drug-likeness (QED) is 0.484. The molecule has 2 aliphatic rings. The summed E-state index contributed by atoms with van der Waals surface area (Å²) in [6.07, 6.45) is 0. The van der Waals surface area contributed by atoms with E-state index in [0.29, 0.717) is 11.5 Å². The predicted molar refractivity (Wildman–Crippen MR) is 115 cm³/mol. The lowest BCUT2D eigenvalue weighted by molar-refractivity contribution is 0.137. The zero-order valence-corrected chi connectivity index (χ0v) is 17.6. The molecule has 3 nitrogen and oxygen atoms in total. The molecule has 148 valence electrons. The molecule has 0 spiro atoms. The van der Waals surface area contributed by atoms with E-state index in [2.05, 4.69) is 18.2 Å². The van der Waals surface area contributed by atoms with Crippen molar-refractivity contribution in [1.29, 1.82) is 0 Å². The van der Waals surface area contributed by atoms with Crippen molar-refractivity contribution in [2.75, 3.05) is 14.2 Å². The molecule has 1 aliphatic heterocycles. The van der Waals surface area contributed by atoms with Crippen LogP contribution in [0.3, 0.4) is 0 Å². The molecule has 29 heavy (non-hydrogen) atoms. The van der Waals surface area contributed by atoms with E-state index in [0.717, 1.165) is 16.9 Å². The van der Waals surface area contributed by atoms with Crippen molar-refractivity contribution in [3.8, 4) is 17.2 Å². The first-order chi connectivity index (χ1) is 14.0. The van der Waals surface area contributed by atoms with Gasteiger partial charge in [0.1, 0.15) is 5.75 Å². The van der Waals surface area contributed by atoms with Crippen LogP contribution in [0, 0.1) is 5.92 Å². The third-order valence-corrected chi connectivity index (χ3v) is 7.10. The molecule has 0 aromatic heterocycles. The molecule has 1 aliphatic carbocycles. The first kappa shape index (κ1) is 18.7. The summed E-state index contributed by atoms with van der Waals surface area (Å²) in [5.41, 5.74) is 2.27. The number of hydrogen-bond donors (Lipinski definition) is 0. The van der Waals surface area contributed by atoms with E-state index in [1.165, 1.54) is 5.56 Å². The fraction of sp³-hybridized carbons (Fsp3) is 0.250. The van der Waals surface area contributed by atoms with E-state index < -0.39 is 9.93 Å². The van der Waals surface area contributed by atoms with Crippen molar-refractivity contribution in [2.45, 2.75) is 15.9 Å². The van der Waals surface area contributed by atoms with E-state index in [9.17, 15) is 0 Å². The van der Waals surface area contributed by atoms with Crippen molar-refractivity contribution < 1.29 is 14.2 Å². The number of halogens is 2. The Morgan fingerprint density at radius 3 is 2.24 bits per heavy atom. The zero-order chi connectivity index (χ0) is 20.2. The molecule has 1 fully saturated rings. The van der Waals surface area contributed by atoms with E-state index in [-0.39, 0.29) is 11.8 Å². The van der Waals surface area contributed by atoms with E-state index >= 15 is 0 Å².